The van der Waals surface area contributed by atoms with Crippen LogP contribution in [0.2, 0.25) is 5.02 Å². The summed E-state index contributed by atoms with van der Waals surface area (Å²) in [5.41, 5.74) is 2.38. The highest BCUT2D eigenvalue weighted by Gasteiger charge is 2.13. The maximum absolute atomic E-state index is 10.9. The summed E-state index contributed by atoms with van der Waals surface area (Å²) in [5, 5.41) is 17.3. The monoisotopic (exact) mass is 335 g/mol. The lowest BCUT2D eigenvalue weighted by molar-refractivity contribution is -0.384. The van der Waals surface area contributed by atoms with Crippen molar-refractivity contribution >= 4 is 46.0 Å². The van der Waals surface area contributed by atoms with Crippen LogP contribution >= 0.6 is 23.8 Å². The van der Waals surface area contributed by atoms with E-state index in [2.05, 4.69) is 17.6 Å². The molecule has 114 valence electrons. The molecule has 0 fully saturated rings. The number of nitrogens with one attached hydrogen (secondary N) is 2. The molecule has 0 aliphatic rings. The first-order valence-corrected chi connectivity index (χ1v) is 7.39. The molecule has 0 aliphatic carbocycles. The summed E-state index contributed by atoms with van der Waals surface area (Å²) < 4.78 is 0. The van der Waals surface area contributed by atoms with Crippen LogP contribution in [0.15, 0.2) is 42.5 Å². The van der Waals surface area contributed by atoms with E-state index >= 15 is 0 Å². The van der Waals surface area contributed by atoms with Gasteiger partial charge >= 0.3 is 0 Å². The first-order chi connectivity index (χ1) is 10.5. The largest absolute Gasteiger partial charge is 0.332 e. The van der Waals surface area contributed by atoms with E-state index in [4.69, 9.17) is 23.8 Å². The van der Waals surface area contributed by atoms with Crippen LogP contribution in [0.3, 0.4) is 0 Å². The van der Waals surface area contributed by atoms with E-state index in [0.717, 1.165) is 17.7 Å². The predicted octanol–water partition coefficient (Wildman–Crippen LogP) is 4.62. The Labute approximate surface area is 138 Å². The third kappa shape index (κ3) is 3.93. The summed E-state index contributed by atoms with van der Waals surface area (Å²) in [6.45, 7) is 2.06. The molecular weight excluding hydrogens is 322 g/mol. The average molecular weight is 336 g/mol. The van der Waals surface area contributed by atoms with Gasteiger partial charge in [-0.1, -0.05) is 36.7 Å². The molecule has 7 heteroatoms. The third-order valence-corrected chi connectivity index (χ3v) is 3.57. The van der Waals surface area contributed by atoms with Gasteiger partial charge in [-0.15, -0.1) is 0 Å². The summed E-state index contributed by atoms with van der Waals surface area (Å²) in [7, 11) is 0. The Morgan fingerprint density at radius 1 is 1.27 bits per heavy atom. The van der Waals surface area contributed by atoms with Crippen molar-refractivity contribution in [3.05, 3.63) is 63.2 Å². The topological polar surface area (TPSA) is 67.2 Å². The first kappa shape index (κ1) is 16.2. The predicted molar refractivity (Wildman–Crippen MR) is 93.8 cm³/mol. The number of para-hydroxylation sites is 1. The number of hydrogen-bond donors (Lipinski definition) is 2. The van der Waals surface area contributed by atoms with E-state index in [1.54, 1.807) is 6.07 Å². The van der Waals surface area contributed by atoms with E-state index in [9.17, 15) is 10.1 Å². The standard InChI is InChI=1S/C15H14ClN3O2S/c1-2-10-5-3-4-6-13(10)18-15(22)17-11-7-8-12(16)14(9-11)19(20)21/h3-9H,2H2,1H3,(H2,17,18,22). The van der Waals surface area contributed by atoms with Crippen LogP contribution in [-0.2, 0) is 6.42 Å². The van der Waals surface area contributed by atoms with Gasteiger partial charge in [0, 0.05) is 17.4 Å². The van der Waals surface area contributed by atoms with Crippen molar-refractivity contribution in [1.29, 1.82) is 0 Å². The molecule has 0 saturated heterocycles. The fourth-order valence-electron chi connectivity index (χ4n) is 1.97. The van der Waals surface area contributed by atoms with Crippen molar-refractivity contribution in [2.45, 2.75) is 13.3 Å². The maximum atomic E-state index is 10.9. The van der Waals surface area contributed by atoms with E-state index < -0.39 is 4.92 Å². The Kier molecular flexibility index (Phi) is 5.30. The molecule has 0 atom stereocenters. The van der Waals surface area contributed by atoms with Gasteiger partial charge in [-0.2, -0.15) is 0 Å². The van der Waals surface area contributed by atoms with Crippen LogP contribution in [0, 0.1) is 10.1 Å². The molecule has 0 spiro atoms. The van der Waals surface area contributed by atoms with Crippen molar-refractivity contribution in [1.82, 2.24) is 0 Å². The molecule has 0 saturated carbocycles. The van der Waals surface area contributed by atoms with Crippen molar-refractivity contribution in [2.75, 3.05) is 10.6 Å². The summed E-state index contributed by atoms with van der Waals surface area (Å²) >= 11 is 11.0. The van der Waals surface area contributed by atoms with Crippen LogP contribution in [0.5, 0.6) is 0 Å². The minimum atomic E-state index is -0.531. The highest BCUT2D eigenvalue weighted by atomic mass is 35.5. The SMILES string of the molecule is CCc1ccccc1NC(=S)Nc1ccc(Cl)c([N+](=O)[O-])c1. The van der Waals surface area contributed by atoms with Gasteiger partial charge in [0.1, 0.15) is 5.02 Å². The number of hydrogen-bond acceptors (Lipinski definition) is 3. The number of nitro benzene ring substituents is 1. The Balaban J connectivity index is 2.12. The fourth-order valence-corrected chi connectivity index (χ4v) is 2.38. The summed E-state index contributed by atoms with van der Waals surface area (Å²) in [4.78, 5) is 10.3. The minimum absolute atomic E-state index is 0.0887. The van der Waals surface area contributed by atoms with Gasteiger partial charge in [0.05, 0.1) is 4.92 Å². The molecule has 0 radical (unpaired) electrons. The van der Waals surface area contributed by atoms with E-state index in [-0.39, 0.29) is 10.7 Å². The van der Waals surface area contributed by atoms with Crippen LogP contribution in [0.4, 0.5) is 17.1 Å². The number of benzene rings is 2. The molecule has 2 aromatic rings. The molecule has 0 amide bonds. The van der Waals surface area contributed by atoms with Crippen molar-refractivity contribution in [2.24, 2.45) is 0 Å². The minimum Gasteiger partial charge on any atom is -0.332 e. The number of rotatable bonds is 4. The Hall–Kier alpha value is -2.18. The molecule has 2 aromatic carbocycles. The van der Waals surface area contributed by atoms with Gasteiger partial charge in [-0.25, -0.2) is 0 Å². The average Bonchev–Trinajstić information content (AvgIpc) is 2.49. The molecule has 2 rings (SSSR count). The number of anilines is 2. The number of nitro groups is 1. The van der Waals surface area contributed by atoms with Crippen molar-refractivity contribution < 1.29 is 4.92 Å². The second-order valence-corrected chi connectivity index (χ2v) is 5.33. The molecule has 0 aromatic heterocycles. The van der Waals surface area contributed by atoms with E-state index in [0.29, 0.717) is 10.8 Å². The number of thiocarbonyl (C=S) groups is 1. The molecule has 0 heterocycles. The molecular formula is C15H14ClN3O2S. The van der Waals surface area contributed by atoms with Crippen molar-refractivity contribution in [3.63, 3.8) is 0 Å². The second-order valence-electron chi connectivity index (χ2n) is 4.51. The number of halogens is 1. The molecule has 0 aliphatic heterocycles. The summed E-state index contributed by atoms with van der Waals surface area (Å²) in [5.74, 6) is 0. The van der Waals surface area contributed by atoms with Gasteiger partial charge in [-0.05, 0) is 42.4 Å². The van der Waals surface area contributed by atoms with Gasteiger partial charge in [0.15, 0.2) is 5.11 Å². The zero-order valence-electron chi connectivity index (χ0n) is 11.8. The normalized spacial score (nSPS) is 10.1. The lowest BCUT2D eigenvalue weighted by Crippen LogP contribution is -2.19. The van der Waals surface area contributed by atoms with Crippen LogP contribution in [0.25, 0.3) is 0 Å². The van der Waals surface area contributed by atoms with Crippen LogP contribution < -0.4 is 10.6 Å². The van der Waals surface area contributed by atoms with Crippen LogP contribution in [-0.4, -0.2) is 10.0 Å². The van der Waals surface area contributed by atoms with E-state index in [1.165, 1.54) is 12.1 Å². The lowest BCUT2D eigenvalue weighted by Gasteiger charge is -2.13. The Morgan fingerprint density at radius 2 is 2.00 bits per heavy atom. The second kappa shape index (κ2) is 7.20. The summed E-state index contributed by atoms with van der Waals surface area (Å²) in [6, 6.07) is 12.3. The van der Waals surface area contributed by atoms with Crippen LogP contribution in [0.1, 0.15) is 12.5 Å². The molecule has 0 bridgehead atoms. The third-order valence-electron chi connectivity index (χ3n) is 3.05. The fraction of sp³-hybridized carbons (Fsp3) is 0.133. The van der Waals surface area contributed by atoms with Gasteiger partial charge in [-0.3, -0.25) is 10.1 Å². The molecule has 0 unspecified atom stereocenters. The van der Waals surface area contributed by atoms with Gasteiger partial charge < -0.3 is 10.6 Å². The first-order valence-electron chi connectivity index (χ1n) is 6.61. The lowest BCUT2D eigenvalue weighted by atomic mass is 10.1. The number of nitrogens with zero attached hydrogens (tertiary/aromatic N) is 1. The number of aryl methyl sites for hydroxylation is 1. The molecule has 5 nitrogen and oxygen atoms in total. The zero-order valence-corrected chi connectivity index (χ0v) is 13.4. The highest BCUT2D eigenvalue weighted by Crippen LogP contribution is 2.27. The molecule has 22 heavy (non-hydrogen) atoms. The summed E-state index contributed by atoms with van der Waals surface area (Å²) in [6.07, 6.45) is 0.873. The maximum Gasteiger partial charge on any atom is 0.289 e. The Morgan fingerprint density at radius 3 is 2.68 bits per heavy atom. The molecule has 2 N–H and O–H groups in total. The van der Waals surface area contributed by atoms with Gasteiger partial charge in [0.25, 0.3) is 5.69 Å². The van der Waals surface area contributed by atoms with Gasteiger partial charge in [0.2, 0.25) is 0 Å². The zero-order chi connectivity index (χ0) is 16.1. The highest BCUT2D eigenvalue weighted by molar-refractivity contribution is 7.80. The van der Waals surface area contributed by atoms with E-state index in [1.807, 2.05) is 24.3 Å². The quantitative estimate of drug-likeness (QED) is 0.485. The smallest absolute Gasteiger partial charge is 0.289 e. The van der Waals surface area contributed by atoms with Crippen molar-refractivity contribution in [3.8, 4) is 0 Å². The Bertz CT molecular complexity index is 722.